The summed E-state index contributed by atoms with van der Waals surface area (Å²) in [6, 6.07) is 19.2. The number of para-hydroxylation sites is 1. The lowest BCUT2D eigenvalue weighted by molar-refractivity contribution is -0.144. The summed E-state index contributed by atoms with van der Waals surface area (Å²) in [6.07, 6.45) is -5.26. The van der Waals surface area contributed by atoms with Gasteiger partial charge in [-0.05, 0) is 43.2 Å². The third-order valence-corrected chi connectivity index (χ3v) is 5.10. The lowest BCUT2D eigenvalue weighted by Gasteiger charge is -2.29. The van der Waals surface area contributed by atoms with Crippen molar-refractivity contribution in [2.75, 3.05) is 11.5 Å². The molecule has 0 N–H and O–H groups in total. The molecule has 0 spiro atoms. The fraction of sp³-hybridized carbons (Fsp3) is 0.231. The largest absolute Gasteiger partial charge is 0.464 e. The van der Waals surface area contributed by atoms with Crippen molar-refractivity contribution < 1.29 is 32.2 Å². The second-order valence-electron chi connectivity index (χ2n) is 7.43. The minimum absolute atomic E-state index is 0.0197. The van der Waals surface area contributed by atoms with E-state index in [2.05, 4.69) is 0 Å². The van der Waals surface area contributed by atoms with Crippen LogP contribution in [0.2, 0.25) is 0 Å². The van der Waals surface area contributed by atoms with Gasteiger partial charge in [-0.25, -0.2) is 9.59 Å². The monoisotopic (exact) mass is 471 g/mol. The molecule has 0 aromatic heterocycles. The summed E-state index contributed by atoms with van der Waals surface area (Å²) in [5.41, 5.74) is 1.19. The van der Waals surface area contributed by atoms with E-state index in [0.717, 1.165) is 22.6 Å². The van der Waals surface area contributed by atoms with Gasteiger partial charge >= 0.3 is 18.2 Å². The molecule has 5 nitrogen and oxygen atoms in total. The molecule has 0 radical (unpaired) electrons. The Labute approximate surface area is 195 Å². The summed E-state index contributed by atoms with van der Waals surface area (Å²) in [7, 11) is 0. The smallest absolute Gasteiger partial charge is 0.416 e. The zero-order chi connectivity index (χ0) is 24.7. The number of alkyl halides is 3. The molecule has 8 heteroatoms. The Kier molecular flexibility index (Phi) is 7.94. The Bertz CT molecular complexity index is 1110. The Morgan fingerprint density at radius 1 is 0.882 bits per heavy atom. The molecule has 0 fully saturated rings. The maximum absolute atomic E-state index is 13.2. The van der Waals surface area contributed by atoms with Crippen LogP contribution in [0, 0.1) is 0 Å². The van der Waals surface area contributed by atoms with E-state index < -0.39 is 29.8 Å². The van der Waals surface area contributed by atoms with Gasteiger partial charge in [-0.3, -0.25) is 4.90 Å². The van der Waals surface area contributed by atoms with Gasteiger partial charge in [0.15, 0.2) is 0 Å². The zero-order valence-corrected chi connectivity index (χ0v) is 18.7. The van der Waals surface area contributed by atoms with E-state index in [1.165, 1.54) is 19.1 Å². The lowest BCUT2D eigenvalue weighted by atomic mass is 10.0. The number of hydrogen-bond donors (Lipinski definition) is 0. The molecule has 0 heterocycles. The summed E-state index contributed by atoms with van der Waals surface area (Å²) in [6.45, 7) is 3.26. The molecule has 0 aliphatic carbocycles. The van der Waals surface area contributed by atoms with Crippen LogP contribution in [0.15, 0.2) is 78.9 Å². The van der Waals surface area contributed by atoms with Gasteiger partial charge in [0.05, 0.1) is 17.9 Å². The van der Waals surface area contributed by atoms with Crippen molar-refractivity contribution in [3.8, 4) is 11.1 Å². The number of ether oxygens (including phenoxy) is 2. The van der Waals surface area contributed by atoms with Crippen molar-refractivity contribution in [2.24, 2.45) is 0 Å². The first-order valence-electron chi connectivity index (χ1n) is 10.7. The van der Waals surface area contributed by atoms with Crippen LogP contribution in [0.5, 0.6) is 0 Å². The van der Waals surface area contributed by atoms with Crippen molar-refractivity contribution in [1.29, 1.82) is 0 Å². The fourth-order valence-electron chi connectivity index (χ4n) is 3.39. The average Bonchev–Trinajstić information content (AvgIpc) is 2.83. The number of hydrogen-bond acceptors (Lipinski definition) is 4. The van der Waals surface area contributed by atoms with Gasteiger partial charge in [0, 0.05) is 5.56 Å². The van der Waals surface area contributed by atoms with Gasteiger partial charge in [0.1, 0.15) is 12.6 Å². The zero-order valence-electron chi connectivity index (χ0n) is 18.7. The number of amides is 1. The predicted molar refractivity (Wildman–Crippen MR) is 122 cm³/mol. The molecule has 0 saturated heterocycles. The molecule has 0 bridgehead atoms. The van der Waals surface area contributed by atoms with Gasteiger partial charge in [0.2, 0.25) is 0 Å². The highest BCUT2D eigenvalue weighted by molar-refractivity contribution is 5.99. The van der Waals surface area contributed by atoms with E-state index in [0.29, 0.717) is 16.8 Å². The molecule has 178 valence electrons. The molecule has 3 aromatic rings. The summed E-state index contributed by atoms with van der Waals surface area (Å²) in [5, 5.41) is 0. The quantitative estimate of drug-likeness (QED) is 0.371. The summed E-state index contributed by atoms with van der Waals surface area (Å²) < 4.78 is 49.6. The fourth-order valence-corrected chi connectivity index (χ4v) is 3.39. The number of carbonyl (C=O) groups excluding carboxylic acids is 2. The van der Waals surface area contributed by atoms with Gasteiger partial charge < -0.3 is 9.47 Å². The van der Waals surface area contributed by atoms with Crippen LogP contribution in [0.4, 0.5) is 23.7 Å². The SMILES string of the molecule is CCOC(=O)[C@H](C)N(C(=O)OCc1ccccc1)c1ccccc1-c1ccc(C(F)(F)F)cc1. The van der Waals surface area contributed by atoms with Gasteiger partial charge in [-0.1, -0.05) is 60.7 Å². The van der Waals surface area contributed by atoms with Crippen molar-refractivity contribution in [3.05, 3.63) is 90.0 Å². The first-order chi connectivity index (χ1) is 16.2. The molecule has 1 amide bonds. The van der Waals surface area contributed by atoms with Gasteiger partial charge in [-0.2, -0.15) is 13.2 Å². The van der Waals surface area contributed by atoms with Crippen molar-refractivity contribution >= 4 is 17.7 Å². The van der Waals surface area contributed by atoms with E-state index in [4.69, 9.17) is 9.47 Å². The Morgan fingerprint density at radius 3 is 2.12 bits per heavy atom. The molecule has 0 aliphatic rings. The second kappa shape index (κ2) is 10.9. The van der Waals surface area contributed by atoms with Crippen LogP contribution in [0.1, 0.15) is 25.0 Å². The Morgan fingerprint density at radius 2 is 1.50 bits per heavy atom. The van der Waals surface area contributed by atoms with Crippen molar-refractivity contribution in [1.82, 2.24) is 0 Å². The van der Waals surface area contributed by atoms with Crippen LogP contribution in [0.25, 0.3) is 11.1 Å². The Balaban J connectivity index is 1.99. The summed E-state index contributed by atoms with van der Waals surface area (Å²) >= 11 is 0. The molecule has 3 aromatic carbocycles. The van der Waals surface area contributed by atoms with Crippen LogP contribution in [-0.2, 0) is 27.1 Å². The van der Waals surface area contributed by atoms with E-state index in [9.17, 15) is 22.8 Å². The van der Waals surface area contributed by atoms with E-state index in [1.807, 2.05) is 18.2 Å². The third-order valence-electron chi connectivity index (χ3n) is 5.10. The van der Waals surface area contributed by atoms with E-state index in [1.54, 1.807) is 43.3 Å². The number of nitrogens with zero attached hydrogens (tertiary/aromatic N) is 1. The minimum atomic E-state index is -4.47. The highest BCUT2D eigenvalue weighted by Crippen LogP contribution is 2.35. The average molecular weight is 471 g/mol. The summed E-state index contributed by atoms with van der Waals surface area (Å²) in [5.74, 6) is -0.638. The second-order valence-corrected chi connectivity index (χ2v) is 7.43. The van der Waals surface area contributed by atoms with Crippen LogP contribution in [0.3, 0.4) is 0 Å². The van der Waals surface area contributed by atoms with Crippen LogP contribution >= 0.6 is 0 Å². The van der Waals surface area contributed by atoms with E-state index >= 15 is 0 Å². The normalized spacial score (nSPS) is 12.0. The third kappa shape index (κ3) is 5.95. The van der Waals surface area contributed by atoms with Crippen LogP contribution < -0.4 is 4.90 Å². The first kappa shape index (κ1) is 24.8. The van der Waals surface area contributed by atoms with Crippen molar-refractivity contribution in [2.45, 2.75) is 32.7 Å². The summed E-state index contributed by atoms with van der Waals surface area (Å²) in [4.78, 5) is 26.9. The number of benzene rings is 3. The Hall–Kier alpha value is -3.81. The molecule has 34 heavy (non-hydrogen) atoms. The molecule has 3 rings (SSSR count). The van der Waals surface area contributed by atoms with E-state index in [-0.39, 0.29) is 13.2 Å². The number of rotatable bonds is 7. The molecule has 0 unspecified atom stereocenters. The molecule has 0 saturated carbocycles. The number of esters is 1. The number of halogens is 3. The van der Waals surface area contributed by atoms with Crippen LogP contribution in [-0.4, -0.2) is 24.7 Å². The predicted octanol–water partition coefficient (Wildman–Crippen LogP) is 6.47. The first-order valence-corrected chi connectivity index (χ1v) is 10.7. The standard InChI is InChI=1S/C26H24F3NO4/c1-3-33-24(31)18(2)30(25(32)34-17-19-9-5-4-6-10-19)23-12-8-7-11-22(23)20-13-15-21(16-14-20)26(27,28)29/h4-16,18H,3,17H2,1-2H3/t18-/m0/s1. The van der Waals surface area contributed by atoms with Gasteiger partial charge in [0.25, 0.3) is 0 Å². The molecule has 1 atom stereocenters. The minimum Gasteiger partial charge on any atom is -0.464 e. The number of anilines is 1. The van der Waals surface area contributed by atoms with Gasteiger partial charge in [-0.15, -0.1) is 0 Å². The molecular formula is C26H24F3NO4. The topological polar surface area (TPSA) is 55.8 Å². The lowest BCUT2D eigenvalue weighted by Crippen LogP contribution is -2.45. The van der Waals surface area contributed by atoms with Crippen molar-refractivity contribution in [3.63, 3.8) is 0 Å². The maximum atomic E-state index is 13.2. The molecule has 0 aliphatic heterocycles. The maximum Gasteiger partial charge on any atom is 0.416 e. The molecular weight excluding hydrogens is 447 g/mol. The highest BCUT2D eigenvalue weighted by atomic mass is 19.4. The number of carbonyl (C=O) groups is 2. The highest BCUT2D eigenvalue weighted by Gasteiger charge is 2.32.